The van der Waals surface area contributed by atoms with Crippen LogP contribution >= 0.6 is 15.9 Å². The number of aliphatic hydroxyl groups is 1. The van der Waals surface area contributed by atoms with Crippen molar-refractivity contribution in [2.24, 2.45) is 0 Å². The Morgan fingerprint density at radius 1 is 1.19 bits per heavy atom. The van der Waals surface area contributed by atoms with E-state index in [-0.39, 0.29) is 25.1 Å². The van der Waals surface area contributed by atoms with Crippen LogP contribution in [0.15, 0.2) is 40.9 Å². The topological polar surface area (TPSA) is 50.7 Å². The van der Waals surface area contributed by atoms with E-state index < -0.39 is 0 Å². The summed E-state index contributed by atoms with van der Waals surface area (Å²) in [7, 11) is 0. The molecule has 1 atom stereocenters. The third-order valence-electron chi connectivity index (χ3n) is 4.01. The van der Waals surface area contributed by atoms with Crippen LogP contribution in [0.4, 0.5) is 4.39 Å². The maximum Gasteiger partial charge on any atom is 0.175 e. The largest absolute Gasteiger partial charge is 0.490 e. The molecule has 2 aromatic carbocycles. The van der Waals surface area contributed by atoms with Crippen molar-refractivity contribution in [2.75, 3.05) is 13.2 Å². The first kappa shape index (κ1) is 20.7. The Morgan fingerprint density at radius 3 is 2.62 bits per heavy atom. The van der Waals surface area contributed by atoms with Crippen molar-refractivity contribution in [3.8, 4) is 11.5 Å². The molecule has 0 spiro atoms. The molecule has 2 rings (SSSR count). The minimum Gasteiger partial charge on any atom is -0.490 e. The summed E-state index contributed by atoms with van der Waals surface area (Å²) in [6.45, 7) is 5.23. The van der Waals surface area contributed by atoms with E-state index in [1.807, 2.05) is 26.0 Å². The first-order chi connectivity index (χ1) is 12.6. The molecule has 0 aromatic heterocycles. The molecule has 0 aliphatic heterocycles. The van der Waals surface area contributed by atoms with E-state index >= 15 is 0 Å². The molecule has 4 nitrogen and oxygen atoms in total. The summed E-state index contributed by atoms with van der Waals surface area (Å²) in [6.07, 6.45) is 0.847. The zero-order chi connectivity index (χ0) is 18.9. The lowest BCUT2D eigenvalue weighted by molar-refractivity contribution is 0.238. The van der Waals surface area contributed by atoms with Crippen LogP contribution in [0.25, 0.3) is 0 Å². The highest BCUT2D eigenvalue weighted by Crippen LogP contribution is 2.37. The van der Waals surface area contributed by atoms with E-state index in [1.54, 1.807) is 18.2 Å². The monoisotopic (exact) mass is 425 g/mol. The Morgan fingerprint density at radius 2 is 1.96 bits per heavy atom. The second-order valence-electron chi connectivity index (χ2n) is 5.89. The molecule has 0 radical (unpaired) electrons. The summed E-state index contributed by atoms with van der Waals surface area (Å²) in [4.78, 5) is 0. The summed E-state index contributed by atoms with van der Waals surface area (Å²) < 4.78 is 26.1. The predicted molar refractivity (Wildman–Crippen MR) is 104 cm³/mol. The maximum atomic E-state index is 13.8. The van der Waals surface area contributed by atoms with E-state index in [0.29, 0.717) is 30.2 Å². The van der Waals surface area contributed by atoms with Gasteiger partial charge < -0.3 is 19.9 Å². The summed E-state index contributed by atoms with van der Waals surface area (Å²) in [5.74, 6) is 0.858. The van der Waals surface area contributed by atoms with Crippen molar-refractivity contribution in [1.29, 1.82) is 0 Å². The first-order valence-corrected chi connectivity index (χ1v) is 9.53. The number of nitrogens with one attached hydrogen (secondary N) is 1. The molecule has 0 bridgehead atoms. The highest BCUT2D eigenvalue weighted by molar-refractivity contribution is 9.10. The zero-order valence-corrected chi connectivity index (χ0v) is 16.7. The quantitative estimate of drug-likeness (QED) is 0.591. The van der Waals surface area contributed by atoms with Gasteiger partial charge in [-0.2, -0.15) is 0 Å². The number of benzene rings is 2. The van der Waals surface area contributed by atoms with Crippen molar-refractivity contribution in [2.45, 2.75) is 39.5 Å². The molecular weight excluding hydrogens is 401 g/mol. The lowest BCUT2D eigenvalue weighted by Crippen LogP contribution is -2.31. The molecule has 0 saturated heterocycles. The normalized spacial score (nSPS) is 12.0. The van der Waals surface area contributed by atoms with Crippen molar-refractivity contribution < 1.29 is 19.0 Å². The van der Waals surface area contributed by atoms with Gasteiger partial charge in [0.1, 0.15) is 12.4 Å². The number of aliphatic hydroxyl groups excluding tert-OH is 1. The second-order valence-corrected chi connectivity index (χ2v) is 6.74. The smallest absolute Gasteiger partial charge is 0.175 e. The molecular formula is C20H25BrFNO3. The van der Waals surface area contributed by atoms with Crippen molar-refractivity contribution in [3.63, 3.8) is 0 Å². The van der Waals surface area contributed by atoms with Crippen LogP contribution in [0.2, 0.25) is 0 Å². The molecule has 0 heterocycles. The van der Waals surface area contributed by atoms with Crippen LogP contribution < -0.4 is 14.8 Å². The van der Waals surface area contributed by atoms with Crippen molar-refractivity contribution in [3.05, 3.63) is 57.8 Å². The molecule has 26 heavy (non-hydrogen) atoms. The van der Waals surface area contributed by atoms with E-state index in [2.05, 4.69) is 21.2 Å². The number of hydrogen-bond donors (Lipinski definition) is 2. The van der Waals surface area contributed by atoms with Crippen LogP contribution in [0.3, 0.4) is 0 Å². The van der Waals surface area contributed by atoms with Crippen molar-refractivity contribution in [1.82, 2.24) is 5.32 Å². The van der Waals surface area contributed by atoms with Gasteiger partial charge in [-0.25, -0.2) is 4.39 Å². The van der Waals surface area contributed by atoms with Gasteiger partial charge in [0.05, 0.1) is 17.7 Å². The standard InChI is InChI=1S/C20H25BrFNO3/c1-3-16(12-24)23-11-14-9-17(21)20(19(10-14)25-4-2)26-13-15-7-5-6-8-18(15)22/h5-10,16,23-24H,3-4,11-13H2,1-2H3/t16-/m0/s1. The zero-order valence-electron chi connectivity index (χ0n) is 15.1. The fraction of sp³-hybridized carbons (Fsp3) is 0.400. The Bertz CT molecular complexity index is 707. The summed E-state index contributed by atoms with van der Waals surface area (Å²) >= 11 is 3.53. The summed E-state index contributed by atoms with van der Waals surface area (Å²) in [6, 6.07) is 10.4. The van der Waals surface area contributed by atoms with Crippen LogP contribution in [0.5, 0.6) is 11.5 Å². The Kier molecular flexibility index (Phi) is 8.35. The Labute approximate surface area is 162 Å². The first-order valence-electron chi connectivity index (χ1n) is 8.74. The van der Waals surface area contributed by atoms with Crippen LogP contribution in [-0.2, 0) is 13.2 Å². The Hall–Kier alpha value is -1.63. The van der Waals surface area contributed by atoms with Gasteiger partial charge in [-0.3, -0.25) is 0 Å². The van der Waals surface area contributed by atoms with Gasteiger partial charge in [0.15, 0.2) is 11.5 Å². The molecule has 0 saturated carbocycles. The Balaban J connectivity index is 2.16. The molecule has 0 fully saturated rings. The molecule has 2 N–H and O–H groups in total. The van der Waals surface area contributed by atoms with Gasteiger partial charge in [-0.1, -0.05) is 25.1 Å². The summed E-state index contributed by atoms with van der Waals surface area (Å²) in [5.41, 5.74) is 1.49. The average Bonchev–Trinajstić information content (AvgIpc) is 2.63. The number of halogens is 2. The third kappa shape index (κ3) is 5.69. The minimum absolute atomic E-state index is 0.0568. The number of ether oxygens (including phenoxy) is 2. The minimum atomic E-state index is -0.294. The van der Waals surface area contributed by atoms with Crippen molar-refractivity contribution >= 4 is 15.9 Å². The lowest BCUT2D eigenvalue weighted by atomic mass is 10.1. The fourth-order valence-electron chi connectivity index (χ4n) is 2.49. The molecule has 0 aliphatic rings. The maximum absolute atomic E-state index is 13.8. The van der Waals surface area contributed by atoms with E-state index in [0.717, 1.165) is 16.5 Å². The van der Waals surface area contributed by atoms with E-state index in [9.17, 15) is 9.50 Å². The van der Waals surface area contributed by atoms with Gasteiger partial charge in [-0.15, -0.1) is 0 Å². The second kappa shape index (κ2) is 10.5. The fourth-order valence-corrected chi connectivity index (χ4v) is 3.10. The number of rotatable bonds is 10. The van der Waals surface area contributed by atoms with Gasteiger partial charge in [-0.05, 0) is 53.0 Å². The van der Waals surface area contributed by atoms with Gasteiger partial charge in [0.2, 0.25) is 0 Å². The van der Waals surface area contributed by atoms with Gasteiger partial charge in [0.25, 0.3) is 0 Å². The summed E-state index contributed by atoms with van der Waals surface area (Å²) in [5, 5.41) is 12.6. The van der Waals surface area contributed by atoms with E-state index in [4.69, 9.17) is 9.47 Å². The molecule has 142 valence electrons. The number of hydrogen-bond acceptors (Lipinski definition) is 4. The highest BCUT2D eigenvalue weighted by Gasteiger charge is 2.14. The molecule has 0 aliphatic carbocycles. The average molecular weight is 426 g/mol. The molecule has 2 aromatic rings. The highest BCUT2D eigenvalue weighted by atomic mass is 79.9. The van der Waals surface area contributed by atoms with E-state index in [1.165, 1.54) is 6.07 Å². The van der Waals surface area contributed by atoms with Crippen LogP contribution in [0.1, 0.15) is 31.4 Å². The third-order valence-corrected chi connectivity index (χ3v) is 4.60. The van der Waals surface area contributed by atoms with Crippen LogP contribution in [0, 0.1) is 5.82 Å². The van der Waals surface area contributed by atoms with Crippen LogP contribution in [-0.4, -0.2) is 24.4 Å². The van der Waals surface area contributed by atoms with Gasteiger partial charge in [0, 0.05) is 18.2 Å². The lowest BCUT2D eigenvalue weighted by Gasteiger charge is -2.18. The SMILES string of the molecule is CCOc1cc(CN[C@@H](CC)CO)cc(Br)c1OCc1ccccc1F. The molecule has 0 unspecified atom stereocenters. The predicted octanol–water partition coefficient (Wildman–Crippen LogP) is 4.43. The molecule has 0 amide bonds. The van der Waals surface area contributed by atoms with Gasteiger partial charge >= 0.3 is 0 Å². The molecule has 6 heteroatoms.